The molecular formula is C23H31Cl2N5O3. The van der Waals surface area contributed by atoms with E-state index in [2.05, 4.69) is 15.0 Å². The summed E-state index contributed by atoms with van der Waals surface area (Å²) in [7, 11) is 0. The Morgan fingerprint density at radius 3 is 2.33 bits per heavy atom. The molecule has 0 saturated carbocycles. The molecule has 1 aromatic carbocycles. The van der Waals surface area contributed by atoms with E-state index in [0.29, 0.717) is 54.8 Å². The number of rotatable bonds is 6. The van der Waals surface area contributed by atoms with E-state index in [9.17, 15) is 9.59 Å². The van der Waals surface area contributed by atoms with E-state index in [0.717, 1.165) is 39.0 Å². The summed E-state index contributed by atoms with van der Waals surface area (Å²) in [5.74, 6) is 1.26. The highest BCUT2D eigenvalue weighted by atomic mass is 35.5. The maximum atomic E-state index is 12.7. The van der Waals surface area contributed by atoms with Crippen molar-refractivity contribution in [3.05, 3.63) is 46.6 Å². The van der Waals surface area contributed by atoms with Gasteiger partial charge in [-0.2, -0.15) is 4.98 Å². The van der Waals surface area contributed by atoms with Gasteiger partial charge < -0.3 is 14.3 Å². The predicted octanol–water partition coefficient (Wildman–Crippen LogP) is 3.44. The van der Waals surface area contributed by atoms with Gasteiger partial charge in [0, 0.05) is 52.1 Å². The largest absolute Gasteiger partial charge is 0.343 e. The second-order valence-corrected chi connectivity index (χ2v) is 8.85. The molecule has 180 valence electrons. The van der Waals surface area contributed by atoms with Gasteiger partial charge in [-0.15, -0.1) is 12.4 Å². The molecule has 0 aliphatic carbocycles. The van der Waals surface area contributed by atoms with Crippen molar-refractivity contribution in [3.8, 4) is 0 Å². The predicted molar refractivity (Wildman–Crippen MR) is 128 cm³/mol. The Morgan fingerprint density at radius 1 is 0.939 bits per heavy atom. The summed E-state index contributed by atoms with van der Waals surface area (Å²) < 4.78 is 5.36. The molecule has 1 aromatic heterocycles. The van der Waals surface area contributed by atoms with E-state index in [1.54, 1.807) is 12.1 Å². The van der Waals surface area contributed by atoms with Crippen LogP contribution in [0, 0.1) is 0 Å². The van der Waals surface area contributed by atoms with Gasteiger partial charge in [-0.25, -0.2) is 0 Å². The lowest BCUT2D eigenvalue weighted by molar-refractivity contribution is -0.131. The molecule has 2 aliphatic rings. The molecule has 0 atom stereocenters. The van der Waals surface area contributed by atoms with Crippen LogP contribution in [0.2, 0.25) is 5.02 Å². The fraction of sp³-hybridized carbons (Fsp3) is 0.565. The lowest BCUT2D eigenvalue weighted by atomic mass is 10.2. The molecule has 33 heavy (non-hydrogen) atoms. The smallest absolute Gasteiger partial charge is 0.255 e. The Balaban J connectivity index is 0.00000306. The molecule has 0 spiro atoms. The number of benzene rings is 1. The average molecular weight is 496 g/mol. The van der Waals surface area contributed by atoms with Crippen LogP contribution in [0.1, 0.15) is 54.2 Å². The minimum Gasteiger partial charge on any atom is -0.343 e. The normalized spacial score (nSPS) is 17.4. The number of nitrogens with zero attached hydrogens (tertiary/aromatic N) is 5. The summed E-state index contributed by atoms with van der Waals surface area (Å²) in [5, 5.41) is 4.56. The van der Waals surface area contributed by atoms with Gasteiger partial charge >= 0.3 is 0 Å². The van der Waals surface area contributed by atoms with Crippen molar-refractivity contribution in [1.82, 2.24) is 24.8 Å². The summed E-state index contributed by atoms with van der Waals surface area (Å²) in [6.07, 6.45) is 5.48. The lowest BCUT2D eigenvalue weighted by Crippen LogP contribution is -2.48. The number of amides is 2. The topological polar surface area (TPSA) is 82.8 Å². The molecule has 0 N–H and O–H groups in total. The fourth-order valence-corrected chi connectivity index (χ4v) is 4.48. The van der Waals surface area contributed by atoms with Gasteiger partial charge in [-0.3, -0.25) is 14.5 Å². The van der Waals surface area contributed by atoms with Crippen molar-refractivity contribution in [1.29, 1.82) is 0 Å². The molecule has 4 rings (SSSR count). The van der Waals surface area contributed by atoms with Gasteiger partial charge in [0.1, 0.15) is 0 Å². The van der Waals surface area contributed by atoms with E-state index in [1.807, 2.05) is 21.9 Å². The van der Waals surface area contributed by atoms with Crippen LogP contribution in [0.15, 0.2) is 28.8 Å². The van der Waals surface area contributed by atoms with Crippen LogP contribution < -0.4 is 0 Å². The highest BCUT2D eigenvalue weighted by Crippen LogP contribution is 2.18. The minimum absolute atomic E-state index is 0. The number of hydrogen-bond donors (Lipinski definition) is 0. The summed E-state index contributed by atoms with van der Waals surface area (Å²) in [6.45, 7) is 4.99. The first kappa shape index (κ1) is 25.5. The quantitative estimate of drug-likeness (QED) is 0.610. The molecule has 0 bridgehead atoms. The van der Waals surface area contributed by atoms with Crippen LogP contribution in [0.25, 0.3) is 0 Å². The number of piperazine rings is 1. The van der Waals surface area contributed by atoms with Gasteiger partial charge in [-0.05, 0) is 25.0 Å². The third kappa shape index (κ3) is 6.91. The van der Waals surface area contributed by atoms with Crippen molar-refractivity contribution in [2.24, 2.45) is 0 Å². The summed E-state index contributed by atoms with van der Waals surface area (Å²) in [6, 6.07) is 7.14. The zero-order valence-electron chi connectivity index (χ0n) is 18.7. The van der Waals surface area contributed by atoms with E-state index in [1.165, 1.54) is 12.8 Å². The molecule has 8 nitrogen and oxygen atoms in total. The summed E-state index contributed by atoms with van der Waals surface area (Å²) >= 11 is 6.16. The van der Waals surface area contributed by atoms with E-state index in [-0.39, 0.29) is 24.2 Å². The summed E-state index contributed by atoms with van der Waals surface area (Å²) in [4.78, 5) is 35.6. The van der Waals surface area contributed by atoms with Gasteiger partial charge in [0.05, 0.1) is 17.1 Å². The summed E-state index contributed by atoms with van der Waals surface area (Å²) in [5.41, 5.74) is 0.542. The van der Waals surface area contributed by atoms with E-state index in [4.69, 9.17) is 16.1 Å². The molecule has 2 fully saturated rings. The molecule has 2 aromatic rings. The van der Waals surface area contributed by atoms with Crippen LogP contribution in [0.4, 0.5) is 0 Å². The van der Waals surface area contributed by atoms with Gasteiger partial charge in [0.15, 0.2) is 5.82 Å². The van der Waals surface area contributed by atoms with Crippen molar-refractivity contribution in [2.45, 2.75) is 45.1 Å². The molecule has 2 aliphatic heterocycles. The third-order valence-corrected chi connectivity index (χ3v) is 6.48. The van der Waals surface area contributed by atoms with Gasteiger partial charge in [0.2, 0.25) is 11.8 Å². The Hall–Kier alpha value is -2.16. The molecule has 0 radical (unpaired) electrons. The van der Waals surface area contributed by atoms with Crippen molar-refractivity contribution >= 4 is 35.8 Å². The van der Waals surface area contributed by atoms with Crippen LogP contribution in [0.5, 0.6) is 0 Å². The van der Waals surface area contributed by atoms with Crippen LogP contribution in [-0.2, 0) is 17.8 Å². The first-order chi connectivity index (χ1) is 15.6. The average Bonchev–Trinajstić information content (AvgIpc) is 3.07. The lowest BCUT2D eigenvalue weighted by Gasteiger charge is -2.34. The number of hydrogen-bond acceptors (Lipinski definition) is 6. The number of likely N-dealkylation sites (tertiary alicyclic amines) is 1. The van der Waals surface area contributed by atoms with Gasteiger partial charge in [0.25, 0.3) is 5.91 Å². The Kier molecular flexibility index (Phi) is 9.52. The zero-order chi connectivity index (χ0) is 22.3. The molecule has 3 heterocycles. The van der Waals surface area contributed by atoms with E-state index < -0.39 is 0 Å². The number of carbonyl (C=O) groups excluding carboxylic acids is 2. The number of carbonyl (C=O) groups is 2. The van der Waals surface area contributed by atoms with E-state index >= 15 is 0 Å². The first-order valence-corrected chi connectivity index (χ1v) is 11.8. The third-order valence-electron chi connectivity index (χ3n) is 6.15. The molecule has 10 heteroatoms. The molecule has 0 unspecified atom stereocenters. The minimum atomic E-state index is -0.0360. The highest BCUT2D eigenvalue weighted by Gasteiger charge is 2.24. The monoisotopic (exact) mass is 495 g/mol. The number of halogens is 2. The second-order valence-electron chi connectivity index (χ2n) is 8.45. The Labute approximate surface area is 205 Å². The van der Waals surface area contributed by atoms with Gasteiger partial charge in [-0.1, -0.05) is 41.7 Å². The molecule has 2 saturated heterocycles. The van der Waals surface area contributed by atoms with Crippen LogP contribution in [-0.4, -0.2) is 75.9 Å². The van der Waals surface area contributed by atoms with Crippen LogP contribution in [0.3, 0.4) is 0 Å². The standard InChI is InChI=1S/C23H30ClN5O3.ClH/c24-19-8-4-3-7-18(19)23(31)29-15-13-27(14-16-29)17-20-25-21(32-26-20)9-10-22(30)28-11-5-1-2-6-12-28;/h3-4,7-8H,1-2,5-6,9-17H2;1H. The van der Waals surface area contributed by atoms with Crippen LogP contribution >= 0.6 is 24.0 Å². The number of aryl methyl sites for hydroxylation is 1. The van der Waals surface area contributed by atoms with Crippen molar-refractivity contribution in [3.63, 3.8) is 0 Å². The molecular weight excluding hydrogens is 465 g/mol. The SMILES string of the molecule is Cl.O=C(CCc1nc(CN2CCN(C(=O)c3ccccc3Cl)CC2)no1)N1CCCCCC1. The Bertz CT molecular complexity index is 922. The fourth-order valence-electron chi connectivity index (χ4n) is 4.26. The zero-order valence-corrected chi connectivity index (χ0v) is 20.3. The second kappa shape index (κ2) is 12.3. The van der Waals surface area contributed by atoms with Crippen molar-refractivity contribution < 1.29 is 14.1 Å². The molecule has 2 amide bonds. The highest BCUT2D eigenvalue weighted by molar-refractivity contribution is 6.33. The van der Waals surface area contributed by atoms with Crippen molar-refractivity contribution in [2.75, 3.05) is 39.3 Å². The maximum absolute atomic E-state index is 12.7. The first-order valence-electron chi connectivity index (χ1n) is 11.5. The Morgan fingerprint density at radius 2 is 1.64 bits per heavy atom. The maximum Gasteiger partial charge on any atom is 0.255 e. The number of aromatic nitrogens is 2.